The van der Waals surface area contributed by atoms with Crippen molar-refractivity contribution >= 4 is 0 Å². The molecule has 64 valence electrons. The summed E-state index contributed by atoms with van der Waals surface area (Å²) in [6, 6.07) is 0. The van der Waals surface area contributed by atoms with Crippen LogP contribution in [-0.4, -0.2) is 38.6 Å². The SMILES string of the molecule is C#CCNCCCCN(C)C. The summed E-state index contributed by atoms with van der Waals surface area (Å²) < 4.78 is 0. The third kappa shape index (κ3) is 9.48. The first kappa shape index (κ1) is 10.5. The van der Waals surface area contributed by atoms with E-state index < -0.39 is 0 Å². The summed E-state index contributed by atoms with van der Waals surface area (Å²) in [4.78, 5) is 2.20. The van der Waals surface area contributed by atoms with Gasteiger partial charge in [-0.3, -0.25) is 0 Å². The highest BCUT2D eigenvalue weighted by molar-refractivity contribution is 4.86. The summed E-state index contributed by atoms with van der Waals surface area (Å²) in [5.74, 6) is 2.55. The van der Waals surface area contributed by atoms with Crippen LogP contribution < -0.4 is 5.32 Å². The molecule has 1 N–H and O–H groups in total. The van der Waals surface area contributed by atoms with Crippen LogP contribution in [0.15, 0.2) is 0 Å². The maximum Gasteiger partial charge on any atom is 0.0573 e. The van der Waals surface area contributed by atoms with Crippen LogP contribution in [-0.2, 0) is 0 Å². The molecule has 0 saturated heterocycles. The molecule has 0 rings (SSSR count). The Labute approximate surface area is 70.0 Å². The molecule has 0 atom stereocenters. The van der Waals surface area contributed by atoms with Gasteiger partial charge in [-0.15, -0.1) is 6.42 Å². The van der Waals surface area contributed by atoms with E-state index in [2.05, 4.69) is 30.2 Å². The molecule has 0 spiro atoms. The monoisotopic (exact) mass is 154 g/mol. The Kier molecular flexibility index (Phi) is 7.23. The smallest absolute Gasteiger partial charge is 0.0573 e. The Morgan fingerprint density at radius 3 is 2.64 bits per heavy atom. The van der Waals surface area contributed by atoms with E-state index in [-0.39, 0.29) is 0 Å². The van der Waals surface area contributed by atoms with Crippen LogP contribution in [0.4, 0.5) is 0 Å². The van der Waals surface area contributed by atoms with Gasteiger partial charge in [-0.2, -0.15) is 0 Å². The van der Waals surface area contributed by atoms with E-state index in [4.69, 9.17) is 6.42 Å². The molecule has 0 aromatic rings. The van der Waals surface area contributed by atoms with Gasteiger partial charge in [0.25, 0.3) is 0 Å². The zero-order chi connectivity index (χ0) is 8.53. The normalized spacial score (nSPS) is 10.0. The van der Waals surface area contributed by atoms with Gasteiger partial charge < -0.3 is 10.2 Å². The molecule has 0 fully saturated rings. The molecule has 0 aliphatic carbocycles. The molecule has 0 aromatic carbocycles. The van der Waals surface area contributed by atoms with E-state index in [0.29, 0.717) is 6.54 Å². The summed E-state index contributed by atoms with van der Waals surface area (Å²) in [6.07, 6.45) is 7.52. The topological polar surface area (TPSA) is 15.3 Å². The number of nitrogens with one attached hydrogen (secondary N) is 1. The van der Waals surface area contributed by atoms with Crippen molar-refractivity contribution in [2.24, 2.45) is 0 Å². The lowest BCUT2D eigenvalue weighted by Crippen LogP contribution is -2.18. The van der Waals surface area contributed by atoms with Gasteiger partial charge in [0.1, 0.15) is 0 Å². The summed E-state index contributed by atoms with van der Waals surface area (Å²) in [6.45, 7) is 2.90. The first-order chi connectivity index (χ1) is 5.27. The molecule has 0 saturated carbocycles. The van der Waals surface area contributed by atoms with Crippen molar-refractivity contribution in [2.45, 2.75) is 12.8 Å². The molecule has 0 amide bonds. The van der Waals surface area contributed by atoms with Crippen molar-refractivity contribution in [3.63, 3.8) is 0 Å². The minimum Gasteiger partial charge on any atom is -0.309 e. The van der Waals surface area contributed by atoms with Crippen LogP contribution in [0.25, 0.3) is 0 Å². The summed E-state index contributed by atoms with van der Waals surface area (Å²) in [5, 5.41) is 3.15. The molecule has 0 aromatic heterocycles. The van der Waals surface area contributed by atoms with Gasteiger partial charge >= 0.3 is 0 Å². The van der Waals surface area contributed by atoms with Gasteiger partial charge in [0, 0.05) is 0 Å². The minimum absolute atomic E-state index is 0.696. The van der Waals surface area contributed by atoms with Gasteiger partial charge in [-0.25, -0.2) is 0 Å². The third-order valence-electron chi connectivity index (χ3n) is 1.44. The molecule has 0 bridgehead atoms. The number of unbranched alkanes of at least 4 members (excludes halogenated alkanes) is 1. The molecule has 2 heteroatoms. The second-order valence-corrected chi connectivity index (χ2v) is 2.89. The van der Waals surface area contributed by atoms with Crippen LogP contribution in [0.1, 0.15) is 12.8 Å². The number of hydrogen-bond acceptors (Lipinski definition) is 2. The standard InChI is InChI=1S/C9H18N2/c1-4-7-10-8-5-6-9-11(2)3/h1,10H,5-9H2,2-3H3. The quantitative estimate of drug-likeness (QED) is 0.444. The Balaban J connectivity index is 2.86. The van der Waals surface area contributed by atoms with Crippen LogP contribution >= 0.6 is 0 Å². The first-order valence-corrected chi connectivity index (χ1v) is 4.06. The van der Waals surface area contributed by atoms with Crippen LogP contribution in [0.3, 0.4) is 0 Å². The predicted octanol–water partition coefficient (Wildman–Crippen LogP) is 0.551. The maximum absolute atomic E-state index is 5.07. The Bertz CT molecular complexity index is 113. The third-order valence-corrected chi connectivity index (χ3v) is 1.44. The van der Waals surface area contributed by atoms with Crippen molar-refractivity contribution in [2.75, 3.05) is 33.7 Å². The molecule has 11 heavy (non-hydrogen) atoms. The highest BCUT2D eigenvalue weighted by atomic mass is 15.0. The van der Waals surface area contributed by atoms with E-state index in [1.807, 2.05) is 0 Å². The fraction of sp³-hybridized carbons (Fsp3) is 0.778. The van der Waals surface area contributed by atoms with E-state index in [0.717, 1.165) is 13.1 Å². The second kappa shape index (κ2) is 7.59. The molecular weight excluding hydrogens is 136 g/mol. The van der Waals surface area contributed by atoms with E-state index in [1.165, 1.54) is 12.8 Å². The molecule has 0 heterocycles. The summed E-state index contributed by atoms with van der Waals surface area (Å²) in [5.41, 5.74) is 0. The Morgan fingerprint density at radius 1 is 1.36 bits per heavy atom. The van der Waals surface area contributed by atoms with Gasteiger partial charge in [0.15, 0.2) is 0 Å². The predicted molar refractivity (Wildman–Crippen MR) is 49.5 cm³/mol. The first-order valence-electron chi connectivity index (χ1n) is 4.06. The van der Waals surface area contributed by atoms with E-state index >= 15 is 0 Å². The maximum atomic E-state index is 5.07. The molecule has 2 nitrogen and oxygen atoms in total. The van der Waals surface area contributed by atoms with Crippen molar-refractivity contribution in [3.05, 3.63) is 0 Å². The van der Waals surface area contributed by atoms with E-state index in [9.17, 15) is 0 Å². The fourth-order valence-electron chi connectivity index (χ4n) is 0.839. The van der Waals surface area contributed by atoms with Crippen molar-refractivity contribution in [3.8, 4) is 12.3 Å². The van der Waals surface area contributed by atoms with Crippen molar-refractivity contribution in [1.82, 2.24) is 10.2 Å². The van der Waals surface area contributed by atoms with Crippen LogP contribution in [0, 0.1) is 12.3 Å². The summed E-state index contributed by atoms with van der Waals surface area (Å²) in [7, 11) is 4.18. The second-order valence-electron chi connectivity index (χ2n) is 2.89. The van der Waals surface area contributed by atoms with Gasteiger partial charge in [-0.05, 0) is 40.0 Å². The average molecular weight is 154 g/mol. The summed E-state index contributed by atoms with van der Waals surface area (Å²) >= 11 is 0. The van der Waals surface area contributed by atoms with Crippen molar-refractivity contribution in [1.29, 1.82) is 0 Å². The molecule has 0 aliphatic heterocycles. The van der Waals surface area contributed by atoms with Gasteiger partial charge in [0.2, 0.25) is 0 Å². The molecule has 0 unspecified atom stereocenters. The Morgan fingerprint density at radius 2 is 2.09 bits per heavy atom. The number of nitrogens with zero attached hydrogens (tertiary/aromatic N) is 1. The van der Waals surface area contributed by atoms with Crippen LogP contribution in [0.2, 0.25) is 0 Å². The number of hydrogen-bond donors (Lipinski definition) is 1. The highest BCUT2D eigenvalue weighted by Gasteiger charge is 1.89. The highest BCUT2D eigenvalue weighted by Crippen LogP contribution is 1.87. The lowest BCUT2D eigenvalue weighted by molar-refractivity contribution is 0.393. The molecule has 0 radical (unpaired) electrons. The van der Waals surface area contributed by atoms with Gasteiger partial charge in [0.05, 0.1) is 6.54 Å². The molecular formula is C9H18N2. The van der Waals surface area contributed by atoms with E-state index in [1.54, 1.807) is 0 Å². The zero-order valence-corrected chi connectivity index (χ0v) is 7.56. The van der Waals surface area contributed by atoms with Crippen molar-refractivity contribution < 1.29 is 0 Å². The fourth-order valence-corrected chi connectivity index (χ4v) is 0.839. The lowest BCUT2D eigenvalue weighted by Gasteiger charge is -2.08. The number of rotatable bonds is 6. The lowest BCUT2D eigenvalue weighted by atomic mass is 10.3. The largest absolute Gasteiger partial charge is 0.309 e. The minimum atomic E-state index is 0.696. The molecule has 0 aliphatic rings. The average Bonchev–Trinajstić information content (AvgIpc) is 1.96. The Hall–Kier alpha value is -0.520. The van der Waals surface area contributed by atoms with Crippen LogP contribution in [0.5, 0.6) is 0 Å². The number of terminal acetylenes is 1. The zero-order valence-electron chi connectivity index (χ0n) is 7.56. The van der Waals surface area contributed by atoms with Gasteiger partial charge in [-0.1, -0.05) is 5.92 Å².